The van der Waals surface area contributed by atoms with Gasteiger partial charge in [0.05, 0.1) is 5.69 Å². The number of hydrogen-bond donors (Lipinski definition) is 1. The van der Waals surface area contributed by atoms with E-state index in [4.69, 9.17) is 5.73 Å². The lowest BCUT2D eigenvalue weighted by atomic mass is 9.93. The second-order valence-corrected chi connectivity index (χ2v) is 5.14. The molecule has 0 fully saturated rings. The zero-order valence-corrected chi connectivity index (χ0v) is 10.7. The molecule has 1 aromatic rings. The molecule has 1 heterocycles. The standard InChI is InChI=1S/C12H22N4/c1-10-14-6-5-11(15-10)7-16(4)9-12(2,3)8-13/h5-6H,7-9,13H2,1-4H3. The van der Waals surface area contributed by atoms with Crippen molar-refractivity contribution in [2.24, 2.45) is 11.1 Å². The van der Waals surface area contributed by atoms with Gasteiger partial charge in [-0.1, -0.05) is 13.8 Å². The van der Waals surface area contributed by atoms with Crippen molar-refractivity contribution >= 4 is 0 Å². The Kier molecular flexibility index (Phi) is 4.38. The van der Waals surface area contributed by atoms with E-state index in [1.54, 1.807) is 6.20 Å². The van der Waals surface area contributed by atoms with Gasteiger partial charge in [-0.15, -0.1) is 0 Å². The number of nitrogens with two attached hydrogens (primary N) is 1. The van der Waals surface area contributed by atoms with Crippen molar-refractivity contribution in [3.05, 3.63) is 23.8 Å². The summed E-state index contributed by atoms with van der Waals surface area (Å²) in [5.41, 5.74) is 6.93. The number of rotatable bonds is 5. The highest BCUT2D eigenvalue weighted by atomic mass is 15.1. The van der Waals surface area contributed by atoms with Gasteiger partial charge in [0.2, 0.25) is 0 Å². The van der Waals surface area contributed by atoms with Crippen LogP contribution < -0.4 is 5.73 Å². The Bertz CT molecular complexity index is 336. The molecule has 2 N–H and O–H groups in total. The average Bonchev–Trinajstić information content (AvgIpc) is 2.16. The lowest BCUT2D eigenvalue weighted by molar-refractivity contribution is 0.208. The average molecular weight is 222 g/mol. The Balaban J connectivity index is 2.55. The van der Waals surface area contributed by atoms with Crippen LogP contribution in [0.5, 0.6) is 0 Å². The van der Waals surface area contributed by atoms with Crippen LogP contribution in [0.15, 0.2) is 12.3 Å². The van der Waals surface area contributed by atoms with E-state index in [0.717, 1.165) is 24.6 Å². The molecule has 0 atom stereocenters. The molecule has 0 bridgehead atoms. The fourth-order valence-electron chi connectivity index (χ4n) is 1.72. The minimum Gasteiger partial charge on any atom is -0.330 e. The molecule has 0 spiro atoms. The molecule has 0 aliphatic rings. The van der Waals surface area contributed by atoms with Crippen LogP contribution in [0.25, 0.3) is 0 Å². The summed E-state index contributed by atoms with van der Waals surface area (Å²) in [5, 5.41) is 0. The molecular formula is C12H22N4. The van der Waals surface area contributed by atoms with E-state index in [2.05, 4.69) is 35.8 Å². The van der Waals surface area contributed by atoms with Crippen molar-refractivity contribution in [2.45, 2.75) is 27.3 Å². The second-order valence-electron chi connectivity index (χ2n) is 5.14. The molecule has 0 unspecified atom stereocenters. The van der Waals surface area contributed by atoms with Crippen LogP contribution in [0, 0.1) is 12.3 Å². The molecule has 1 aromatic heterocycles. The van der Waals surface area contributed by atoms with Gasteiger partial charge in [0.15, 0.2) is 0 Å². The van der Waals surface area contributed by atoms with Crippen LogP contribution in [0.2, 0.25) is 0 Å². The Morgan fingerprint density at radius 2 is 2.12 bits per heavy atom. The van der Waals surface area contributed by atoms with Gasteiger partial charge in [0.25, 0.3) is 0 Å². The molecule has 0 saturated heterocycles. The normalized spacial score (nSPS) is 12.1. The van der Waals surface area contributed by atoms with Crippen molar-refractivity contribution < 1.29 is 0 Å². The fraction of sp³-hybridized carbons (Fsp3) is 0.667. The van der Waals surface area contributed by atoms with Gasteiger partial charge in [-0.2, -0.15) is 0 Å². The molecule has 0 saturated carbocycles. The summed E-state index contributed by atoms with van der Waals surface area (Å²) < 4.78 is 0. The number of hydrogen-bond acceptors (Lipinski definition) is 4. The van der Waals surface area contributed by atoms with Gasteiger partial charge in [0, 0.05) is 19.3 Å². The van der Waals surface area contributed by atoms with Gasteiger partial charge in [-0.3, -0.25) is 4.90 Å². The van der Waals surface area contributed by atoms with Gasteiger partial charge in [-0.25, -0.2) is 9.97 Å². The molecule has 0 radical (unpaired) electrons. The first-order chi connectivity index (χ1) is 7.43. The van der Waals surface area contributed by atoms with E-state index in [9.17, 15) is 0 Å². The Morgan fingerprint density at radius 1 is 1.44 bits per heavy atom. The molecule has 4 heteroatoms. The zero-order valence-electron chi connectivity index (χ0n) is 10.7. The quantitative estimate of drug-likeness (QED) is 0.813. The van der Waals surface area contributed by atoms with Crippen molar-refractivity contribution in [1.82, 2.24) is 14.9 Å². The van der Waals surface area contributed by atoms with Gasteiger partial charge in [-0.05, 0) is 32.0 Å². The number of nitrogens with zero attached hydrogens (tertiary/aromatic N) is 3. The van der Waals surface area contributed by atoms with Crippen LogP contribution in [-0.4, -0.2) is 35.0 Å². The van der Waals surface area contributed by atoms with E-state index in [1.165, 1.54) is 0 Å². The van der Waals surface area contributed by atoms with E-state index in [-0.39, 0.29) is 5.41 Å². The van der Waals surface area contributed by atoms with E-state index >= 15 is 0 Å². The van der Waals surface area contributed by atoms with Crippen LogP contribution in [0.4, 0.5) is 0 Å². The minimum atomic E-state index is 0.150. The van der Waals surface area contributed by atoms with Gasteiger partial charge in [0.1, 0.15) is 5.82 Å². The van der Waals surface area contributed by atoms with Crippen molar-refractivity contribution in [2.75, 3.05) is 20.1 Å². The SMILES string of the molecule is Cc1nccc(CN(C)CC(C)(C)CN)n1. The molecular weight excluding hydrogens is 200 g/mol. The molecule has 0 amide bonds. The van der Waals surface area contributed by atoms with Crippen LogP contribution in [-0.2, 0) is 6.54 Å². The van der Waals surface area contributed by atoms with Crippen molar-refractivity contribution in [3.8, 4) is 0 Å². The maximum atomic E-state index is 5.72. The van der Waals surface area contributed by atoms with Gasteiger partial charge < -0.3 is 5.73 Å². The Hall–Kier alpha value is -1.00. The second kappa shape index (κ2) is 5.37. The summed E-state index contributed by atoms with van der Waals surface area (Å²) in [6, 6.07) is 1.96. The maximum Gasteiger partial charge on any atom is 0.125 e. The van der Waals surface area contributed by atoms with E-state index < -0.39 is 0 Å². The first kappa shape index (κ1) is 13.1. The molecule has 4 nitrogen and oxygen atoms in total. The molecule has 0 aliphatic carbocycles. The van der Waals surface area contributed by atoms with Crippen molar-refractivity contribution in [1.29, 1.82) is 0 Å². The lowest BCUT2D eigenvalue weighted by Crippen LogP contribution is -2.36. The third-order valence-electron chi connectivity index (χ3n) is 2.52. The molecule has 16 heavy (non-hydrogen) atoms. The summed E-state index contributed by atoms with van der Waals surface area (Å²) in [4.78, 5) is 10.7. The maximum absolute atomic E-state index is 5.72. The third kappa shape index (κ3) is 4.24. The third-order valence-corrected chi connectivity index (χ3v) is 2.52. The highest BCUT2D eigenvalue weighted by Crippen LogP contribution is 2.14. The number of aromatic nitrogens is 2. The predicted molar refractivity (Wildman–Crippen MR) is 65.9 cm³/mol. The Morgan fingerprint density at radius 3 is 2.69 bits per heavy atom. The summed E-state index contributed by atoms with van der Waals surface area (Å²) in [6.45, 7) is 8.76. The molecule has 0 aromatic carbocycles. The Labute approximate surface area is 97.9 Å². The monoisotopic (exact) mass is 222 g/mol. The molecule has 0 aliphatic heterocycles. The topological polar surface area (TPSA) is 55.0 Å². The largest absolute Gasteiger partial charge is 0.330 e. The highest BCUT2D eigenvalue weighted by Gasteiger charge is 2.18. The predicted octanol–water partition coefficient (Wildman–Crippen LogP) is 1.20. The minimum absolute atomic E-state index is 0.150. The smallest absolute Gasteiger partial charge is 0.125 e. The summed E-state index contributed by atoms with van der Waals surface area (Å²) in [5.74, 6) is 0.823. The molecule has 1 rings (SSSR count). The molecule has 90 valence electrons. The lowest BCUT2D eigenvalue weighted by Gasteiger charge is -2.28. The van der Waals surface area contributed by atoms with E-state index in [1.807, 2.05) is 13.0 Å². The summed E-state index contributed by atoms with van der Waals surface area (Å²) >= 11 is 0. The van der Waals surface area contributed by atoms with Gasteiger partial charge >= 0.3 is 0 Å². The fourth-order valence-corrected chi connectivity index (χ4v) is 1.72. The zero-order chi connectivity index (χ0) is 12.2. The highest BCUT2D eigenvalue weighted by molar-refractivity contribution is 5.01. The summed E-state index contributed by atoms with van der Waals surface area (Å²) in [6.07, 6.45) is 1.81. The van der Waals surface area contributed by atoms with Crippen LogP contribution in [0.1, 0.15) is 25.4 Å². The van der Waals surface area contributed by atoms with E-state index in [0.29, 0.717) is 6.54 Å². The van der Waals surface area contributed by atoms with Crippen LogP contribution in [0.3, 0.4) is 0 Å². The first-order valence-electron chi connectivity index (χ1n) is 5.60. The van der Waals surface area contributed by atoms with Crippen LogP contribution >= 0.6 is 0 Å². The number of aryl methyl sites for hydroxylation is 1. The summed E-state index contributed by atoms with van der Waals surface area (Å²) in [7, 11) is 2.09. The first-order valence-corrected chi connectivity index (χ1v) is 5.60. The van der Waals surface area contributed by atoms with Crippen molar-refractivity contribution in [3.63, 3.8) is 0 Å².